The summed E-state index contributed by atoms with van der Waals surface area (Å²) in [4.78, 5) is 31.4. The molecule has 2 heterocycles. The molecule has 5 N–H and O–H groups in total. The lowest BCUT2D eigenvalue weighted by Crippen LogP contribution is -2.38. The molecule has 0 aliphatic carbocycles. The van der Waals surface area contributed by atoms with Crippen molar-refractivity contribution in [3.05, 3.63) is 125 Å². The standard InChI is InChI=1S/C41H51N5O5/c1-46(25-23-34-10-8-9-24-43-34)28-35-26-38(32-19-17-31(29-47)18-20-32)51-41(50-35)33-21-15-30(16-22-33)27-44-39(48)13-4-2-3-5-14-40(49)45-37-12-7-6-11-36(37)42/h6-12,15-22,24,35,38,41,47H,2-5,13-14,23,25-29,42H2,1H3,(H,44,48)(H,45,49)/t35-,38+,41+/m1/s1. The predicted octanol–water partition coefficient (Wildman–Crippen LogP) is 6.47. The molecular weight excluding hydrogens is 642 g/mol. The molecule has 4 aromatic rings. The number of nitrogens with two attached hydrogens (primary N) is 1. The third-order valence-electron chi connectivity index (χ3n) is 9.14. The van der Waals surface area contributed by atoms with Gasteiger partial charge in [0.15, 0.2) is 6.29 Å². The molecule has 0 bridgehead atoms. The summed E-state index contributed by atoms with van der Waals surface area (Å²) in [5.74, 6) is -0.0353. The number of nitrogens with zero attached hydrogens (tertiary/aromatic N) is 2. The highest BCUT2D eigenvalue weighted by Crippen LogP contribution is 2.38. The summed E-state index contributed by atoms with van der Waals surface area (Å²) < 4.78 is 13.0. The van der Waals surface area contributed by atoms with Gasteiger partial charge in [-0.15, -0.1) is 0 Å². The second-order valence-corrected chi connectivity index (χ2v) is 13.3. The summed E-state index contributed by atoms with van der Waals surface area (Å²) in [6, 6.07) is 29.2. The number of carbonyl (C=O) groups is 2. The summed E-state index contributed by atoms with van der Waals surface area (Å²) in [5, 5.41) is 15.4. The number of pyridine rings is 1. The number of nitrogen functional groups attached to an aromatic ring is 1. The topological polar surface area (TPSA) is 139 Å². The minimum Gasteiger partial charge on any atom is -0.397 e. The number of hydrogen-bond acceptors (Lipinski definition) is 8. The Hall–Kier alpha value is -4.61. The van der Waals surface area contributed by atoms with Crippen molar-refractivity contribution < 1.29 is 24.2 Å². The Bertz CT molecular complexity index is 1650. The molecule has 1 aliphatic heterocycles. The van der Waals surface area contributed by atoms with E-state index >= 15 is 0 Å². The molecule has 10 nitrogen and oxygen atoms in total. The zero-order valence-corrected chi connectivity index (χ0v) is 29.5. The van der Waals surface area contributed by atoms with Crippen LogP contribution in [-0.4, -0.2) is 53.0 Å². The lowest BCUT2D eigenvalue weighted by atomic mass is 9.99. The molecule has 1 aromatic heterocycles. The summed E-state index contributed by atoms with van der Waals surface area (Å²) in [6.45, 7) is 2.06. The predicted molar refractivity (Wildman–Crippen MR) is 199 cm³/mol. The molecule has 3 atom stereocenters. The van der Waals surface area contributed by atoms with Gasteiger partial charge < -0.3 is 35.8 Å². The van der Waals surface area contributed by atoms with Crippen molar-refractivity contribution in [2.75, 3.05) is 31.2 Å². The van der Waals surface area contributed by atoms with Crippen LogP contribution in [0.4, 0.5) is 11.4 Å². The van der Waals surface area contributed by atoms with E-state index in [2.05, 4.69) is 27.6 Å². The molecule has 1 saturated heterocycles. The number of aliphatic hydroxyl groups is 1. The molecule has 0 radical (unpaired) electrons. The number of ether oxygens (including phenoxy) is 2. The number of para-hydroxylation sites is 2. The normalized spacial score (nSPS) is 17.3. The lowest BCUT2D eigenvalue weighted by molar-refractivity contribution is -0.252. The van der Waals surface area contributed by atoms with Crippen LogP contribution in [0.1, 0.15) is 85.3 Å². The number of aliphatic hydroxyl groups excluding tert-OH is 1. The maximum absolute atomic E-state index is 12.5. The van der Waals surface area contributed by atoms with E-state index in [4.69, 9.17) is 15.2 Å². The van der Waals surface area contributed by atoms with Crippen LogP contribution in [0.25, 0.3) is 0 Å². The van der Waals surface area contributed by atoms with Crippen LogP contribution in [-0.2, 0) is 38.6 Å². The average molecular weight is 694 g/mol. The number of aromatic nitrogens is 1. The number of anilines is 2. The van der Waals surface area contributed by atoms with E-state index in [0.29, 0.717) is 37.2 Å². The van der Waals surface area contributed by atoms with E-state index in [9.17, 15) is 14.7 Å². The van der Waals surface area contributed by atoms with E-state index in [0.717, 1.165) is 73.1 Å². The highest BCUT2D eigenvalue weighted by atomic mass is 16.7. The average Bonchev–Trinajstić information content (AvgIpc) is 3.16. The Labute approximate surface area is 301 Å². The maximum Gasteiger partial charge on any atom is 0.224 e. The van der Waals surface area contributed by atoms with Gasteiger partial charge in [-0.1, -0.05) is 79.6 Å². The van der Waals surface area contributed by atoms with Crippen molar-refractivity contribution in [3.8, 4) is 0 Å². The number of hydrogen-bond donors (Lipinski definition) is 4. The first-order valence-electron chi connectivity index (χ1n) is 17.9. The number of benzene rings is 3. The number of likely N-dealkylation sites (N-methyl/N-ethyl adjacent to an activating group) is 1. The van der Waals surface area contributed by atoms with Gasteiger partial charge in [0.05, 0.1) is 30.2 Å². The van der Waals surface area contributed by atoms with E-state index in [-0.39, 0.29) is 30.6 Å². The van der Waals surface area contributed by atoms with Crippen molar-refractivity contribution in [1.82, 2.24) is 15.2 Å². The minimum absolute atomic E-state index is 0.00201. The highest BCUT2D eigenvalue weighted by molar-refractivity contribution is 5.93. The summed E-state index contributed by atoms with van der Waals surface area (Å²) in [6.07, 6.45) is 6.84. The van der Waals surface area contributed by atoms with Crippen LogP contribution in [0, 0.1) is 0 Å². The van der Waals surface area contributed by atoms with Gasteiger partial charge in [-0.2, -0.15) is 0 Å². The van der Waals surface area contributed by atoms with Crippen molar-refractivity contribution in [1.29, 1.82) is 0 Å². The summed E-state index contributed by atoms with van der Waals surface area (Å²) >= 11 is 0. The van der Waals surface area contributed by atoms with Crippen LogP contribution in [0.2, 0.25) is 0 Å². The monoisotopic (exact) mass is 693 g/mol. The number of rotatable bonds is 18. The smallest absolute Gasteiger partial charge is 0.224 e. The number of unbranched alkanes of at least 4 members (excludes halogenated alkanes) is 3. The van der Waals surface area contributed by atoms with E-state index in [1.807, 2.05) is 85.1 Å². The Morgan fingerprint density at radius 3 is 2.24 bits per heavy atom. The van der Waals surface area contributed by atoms with E-state index in [1.54, 1.807) is 12.1 Å². The molecule has 2 amide bonds. The number of amides is 2. The van der Waals surface area contributed by atoms with E-state index in [1.165, 1.54) is 0 Å². The van der Waals surface area contributed by atoms with Gasteiger partial charge in [-0.3, -0.25) is 14.6 Å². The molecule has 1 fully saturated rings. The molecule has 10 heteroatoms. The Balaban J connectivity index is 1.06. The van der Waals surface area contributed by atoms with Gasteiger partial charge in [0.1, 0.15) is 0 Å². The Kier molecular flexibility index (Phi) is 14.5. The second kappa shape index (κ2) is 19.7. The van der Waals surface area contributed by atoms with Gasteiger partial charge >= 0.3 is 0 Å². The van der Waals surface area contributed by atoms with Crippen LogP contribution >= 0.6 is 0 Å². The third kappa shape index (κ3) is 12.3. The fraction of sp³-hybridized carbons (Fsp3) is 0.390. The molecule has 3 aromatic carbocycles. The minimum atomic E-state index is -0.540. The summed E-state index contributed by atoms with van der Waals surface area (Å²) in [7, 11) is 2.11. The lowest BCUT2D eigenvalue weighted by Gasteiger charge is -2.38. The first kappa shape index (κ1) is 37.6. The molecule has 5 rings (SSSR count). The van der Waals surface area contributed by atoms with Gasteiger partial charge in [-0.25, -0.2) is 0 Å². The number of nitrogens with one attached hydrogen (secondary N) is 2. The second-order valence-electron chi connectivity index (χ2n) is 13.3. The molecule has 1 aliphatic rings. The van der Waals surface area contributed by atoms with Crippen molar-refractivity contribution in [2.24, 2.45) is 0 Å². The van der Waals surface area contributed by atoms with Crippen LogP contribution in [0.15, 0.2) is 97.2 Å². The Morgan fingerprint density at radius 2 is 1.53 bits per heavy atom. The first-order valence-corrected chi connectivity index (χ1v) is 17.9. The number of carbonyl (C=O) groups excluding carboxylic acids is 2. The molecule has 0 spiro atoms. The SMILES string of the molecule is CN(CCc1ccccn1)C[C@H]1C[C@@H](c2ccc(CO)cc2)O[C@@H](c2ccc(CNC(=O)CCCCCCC(=O)Nc3ccccc3N)cc2)O1. The first-order chi connectivity index (χ1) is 24.9. The molecule has 0 saturated carbocycles. The molecule has 0 unspecified atom stereocenters. The molecule has 270 valence electrons. The Morgan fingerprint density at radius 1 is 0.843 bits per heavy atom. The molecular formula is C41H51N5O5. The zero-order chi connectivity index (χ0) is 35.8. The molecule has 51 heavy (non-hydrogen) atoms. The fourth-order valence-electron chi connectivity index (χ4n) is 6.15. The third-order valence-corrected chi connectivity index (χ3v) is 9.14. The fourth-order valence-corrected chi connectivity index (χ4v) is 6.15. The van der Waals surface area contributed by atoms with Gasteiger partial charge in [0.2, 0.25) is 11.8 Å². The largest absolute Gasteiger partial charge is 0.397 e. The van der Waals surface area contributed by atoms with Gasteiger partial charge in [-0.05, 0) is 60.8 Å². The van der Waals surface area contributed by atoms with Gasteiger partial charge in [0, 0.05) is 62.8 Å². The van der Waals surface area contributed by atoms with Crippen LogP contribution in [0.3, 0.4) is 0 Å². The van der Waals surface area contributed by atoms with Crippen molar-refractivity contribution in [3.63, 3.8) is 0 Å². The highest BCUT2D eigenvalue weighted by Gasteiger charge is 2.32. The van der Waals surface area contributed by atoms with Crippen molar-refractivity contribution >= 4 is 23.2 Å². The van der Waals surface area contributed by atoms with Crippen molar-refractivity contribution in [2.45, 2.75) is 83.0 Å². The van der Waals surface area contributed by atoms with Crippen LogP contribution in [0.5, 0.6) is 0 Å². The van der Waals surface area contributed by atoms with E-state index < -0.39 is 6.29 Å². The summed E-state index contributed by atoms with van der Waals surface area (Å²) in [5.41, 5.74) is 12.0. The maximum atomic E-state index is 12.5. The quantitative estimate of drug-likeness (QED) is 0.0687. The van der Waals surface area contributed by atoms with Crippen LogP contribution < -0.4 is 16.4 Å². The van der Waals surface area contributed by atoms with Gasteiger partial charge in [0.25, 0.3) is 0 Å². The zero-order valence-electron chi connectivity index (χ0n) is 29.5.